The van der Waals surface area contributed by atoms with Crippen LogP contribution in [0.4, 0.5) is 5.69 Å². The summed E-state index contributed by atoms with van der Waals surface area (Å²) in [6.45, 7) is 3.32. The van der Waals surface area contributed by atoms with Gasteiger partial charge in [0.2, 0.25) is 0 Å². The lowest BCUT2D eigenvalue weighted by molar-refractivity contribution is -0.152. The number of halogens is 1. The van der Waals surface area contributed by atoms with E-state index in [1.807, 2.05) is 6.92 Å². The normalized spacial score (nSPS) is 11.7. The topological polar surface area (TPSA) is 55.4 Å². The van der Waals surface area contributed by atoms with E-state index in [1.54, 1.807) is 24.3 Å². The van der Waals surface area contributed by atoms with Crippen LogP contribution in [0.2, 0.25) is 5.02 Å². The summed E-state index contributed by atoms with van der Waals surface area (Å²) in [4.78, 5) is 23.0. The van der Waals surface area contributed by atoms with Crippen molar-refractivity contribution in [3.05, 3.63) is 29.3 Å². The van der Waals surface area contributed by atoms with Gasteiger partial charge in [-0.05, 0) is 37.1 Å². The number of ether oxygens (including phenoxy) is 1. The second-order valence-electron chi connectivity index (χ2n) is 4.24. The first-order valence-electron chi connectivity index (χ1n) is 6.26. The summed E-state index contributed by atoms with van der Waals surface area (Å²) in [5.74, 6) is -0.765. The fourth-order valence-electron chi connectivity index (χ4n) is 1.59. The van der Waals surface area contributed by atoms with Crippen LogP contribution in [-0.4, -0.2) is 18.0 Å². The van der Waals surface area contributed by atoms with Crippen molar-refractivity contribution in [2.45, 2.75) is 39.2 Å². The number of hydrogen-bond acceptors (Lipinski definition) is 3. The third-order valence-electron chi connectivity index (χ3n) is 2.53. The molecular weight excluding hydrogens is 266 g/mol. The van der Waals surface area contributed by atoms with E-state index in [4.69, 9.17) is 16.3 Å². The van der Waals surface area contributed by atoms with E-state index in [9.17, 15) is 9.59 Å². The maximum absolute atomic E-state index is 12.0. The van der Waals surface area contributed by atoms with E-state index in [0.717, 1.165) is 12.8 Å². The second kappa shape index (κ2) is 7.79. The lowest BCUT2D eigenvalue weighted by atomic mass is 10.1. The van der Waals surface area contributed by atoms with Crippen molar-refractivity contribution < 1.29 is 14.3 Å². The molecule has 104 valence electrons. The zero-order valence-electron chi connectivity index (χ0n) is 11.1. The quantitative estimate of drug-likeness (QED) is 0.814. The highest BCUT2D eigenvalue weighted by Crippen LogP contribution is 2.15. The summed E-state index contributed by atoms with van der Waals surface area (Å²) in [7, 11) is 0. The van der Waals surface area contributed by atoms with Crippen LogP contribution in [0.5, 0.6) is 0 Å². The summed E-state index contributed by atoms with van der Waals surface area (Å²) in [6, 6.07) is 6.77. The van der Waals surface area contributed by atoms with Gasteiger partial charge in [-0.2, -0.15) is 0 Å². The van der Waals surface area contributed by atoms with Crippen molar-refractivity contribution in [2.24, 2.45) is 0 Å². The number of esters is 1. The van der Waals surface area contributed by atoms with Gasteiger partial charge in [0.25, 0.3) is 5.91 Å². The molecule has 4 nitrogen and oxygen atoms in total. The van der Waals surface area contributed by atoms with Gasteiger partial charge < -0.3 is 10.1 Å². The first kappa shape index (κ1) is 15.5. The highest BCUT2D eigenvalue weighted by Gasteiger charge is 2.20. The van der Waals surface area contributed by atoms with Gasteiger partial charge in [0, 0.05) is 17.6 Å². The fraction of sp³-hybridized carbons (Fsp3) is 0.429. The van der Waals surface area contributed by atoms with Crippen molar-refractivity contribution in [1.82, 2.24) is 0 Å². The van der Waals surface area contributed by atoms with Crippen molar-refractivity contribution >= 4 is 29.2 Å². The number of carbonyl (C=O) groups is 2. The van der Waals surface area contributed by atoms with E-state index in [1.165, 1.54) is 6.92 Å². The standard InChI is InChI=1S/C14H18ClNO3/c1-3-4-5-13(19-10(2)17)14(18)16-12-8-6-11(15)7-9-12/h6-9,13H,3-5H2,1-2H3,(H,16,18). The number of hydrogen-bond donors (Lipinski definition) is 1. The van der Waals surface area contributed by atoms with Gasteiger partial charge in [-0.3, -0.25) is 9.59 Å². The van der Waals surface area contributed by atoms with Gasteiger partial charge in [0.1, 0.15) is 0 Å². The predicted octanol–water partition coefficient (Wildman–Crippen LogP) is 3.40. The number of anilines is 1. The molecule has 0 saturated heterocycles. The second-order valence-corrected chi connectivity index (χ2v) is 4.67. The van der Waals surface area contributed by atoms with Crippen LogP contribution in [0.15, 0.2) is 24.3 Å². The monoisotopic (exact) mass is 283 g/mol. The molecule has 1 aromatic carbocycles. The molecule has 0 aliphatic rings. The Morgan fingerprint density at radius 1 is 1.32 bits per heavy atom. The maximum Gasteiger partial charge on any atom is 0.303 e. The molecule has 0 fully saturated rings. The predicted molar refractivity (Wildman–Crippen MR) is 75.2 cm³/mol. The molecule has 0 aromatic heterocycles. The van der Waals surface area contributed by atoms with E-state index in [0.29, 0.717) is 17.1 Å². The van der Waals surface area contributed by atoms with Gasteiger partial charge in [-0.1, -0.05) is 24.9 Å². The van der Waals surface area contributed by atoms with Crippen LogP contribution in [0.1, 0.15) is 33.1 Å². The first-order chi connectivity index (χ1) is 9.02. The average Bonchev–Trinajstić information content (AvgIpc) is 2.36. The zero-order valence-corrected chi connectivity index (χ0v) is 11.9. The molecule has 5 heteroatoms. The van der Waals surface area contributed by atoms with Crippen LogP contribution >= 0.6 is 11.6 Å². The summed E-state index contributed by atoms with van der Waals surface area (Å²) >= 11 is 5.77. The smallest absolute Gasteiger partial charge is 0.303 e. The van der Waals surface area contributed by atoms with Crippen LogP contribution in [0, 0.1) is 0 Å². The Balaban J connectivity index is 2.64. The Bertz CT molecular complexity index is 431. The van der Waals surface area contributed by atoms with E-state index < -0.39 is 12.1 Å². The molecule has 1 aromatic rings. The molecule has 0 bridgehead atoms. The molecule has 1 amide bonds. The van der Waals surface area contributed by atoms with Crippen molar-refractivity contribution in [2.75, 3.05) is 5.32 Å². The summed E-state index contributed by atoms with van der Waals surface area (Å²) in [6.07, 6.45) is 1.54. The Morgan fingerprint density at radius 2 is 1.95 bits per heavy atom. The number of amides is 1. The molecule has 0 heterocycles. The minimum atomic E-state index is -0.742. The number of carbonyl (C=O) groups excluding carboxylic acids is 2. The minimum absolute atomic E-state index is 0.314. The number of benzene rings is 1. The maximum atomic E-state index is 12.0. The molecule has 0 aliphatic heterocycles. The average molecular weight is 284 g/mol. The Kier molecular flexibility index (Phi) is 6.36. The highest BCUT2D eigenvalue weighted by atomic mass is 35.5. The molecule has 0 spiro atoms. The molecule has 1 atom stereocenters. The number of rotatable bonds is 6. The molecule has 0 saturated carbocycles. The third-order valence-corrected chi connectivity index (χ3v) is 2.78. The van der Waals surface area contributed by atoms with E-state index >= 15 is 0 Å². The van der Waals surface area contributed by atoms with E-state index in [2.05, 4.69) is 5.32 Å². The Labute approximate surface area is 118 Å². The molecule has 1 N–H and O–H groups in total. The summed E-state index contributed by atoms with van der Waals surface area (Å²) in [5, 5.41) is 3.31. The largest absolute Gasteiger partial charge is 0.452 e. The molecular formula is C14H18ClNO3. The molecule has 0 radical (unpaired) electrons. The molecule has 19 heavy (non-hydrogen) atoms. The van der Waals surface area contributed by atoms with Crippen molar-refractivity contribution in [3.8, 4) is 0 Å². The van der Waals surface area contributed by atoms with E-state index in [-0.39, 0.29) is 5.91 Å². The minimum Gasteiger partial charge on any atom is -0.452 e. The molecule has 0 aliphatic carbocycles. The lowest BCUT2D eigenvalue weighted by Crippen LogP contribution is -2.31. The number of nitrogens with one attached hydrogen (secondary N) is 1. The van der Waals surface area contributed by atoms with Crippen LogP contribution in [0.3, 0.4) is 0 Å². The Hall–Kier alpha value is -1.55. The zero-order chi connectivity index (χ0) is 14.3. The van der Waals surface area contributed by atoms with Crippen LogP contribution in [-0.2, 0) is 14.3 Å². The van der Waals surface area contributed by atoms with Crippen LogP contribution < -0.4 is 5.32 Å². The molecule has 1 unspecified atom stereocenters. The van der Waals surface area contributed by atoms with Gasteiger partial charge in [-0.15, -0.1) is 0 Å². The number of unbranched alkanes of at least 4 members (excludes halogenated alkanes) is 1. The SMILES string of the molecule is CCCCC(OC(C)=O)C(=O)Nc1ccc(Cl)cc1. The van der Waals surface area contributed by atoms with Crippen molar-refractivity contribution in [3.63, 3.8) is 0 Å². The summed E-state index contributed by atoms with van der Waals surface area (Å²) in [5.41, 5.74) is 0.628. The third kappa shape index (κ3) is 5.75. The highest BCUT2D eigenvalue weighted by molar-refractivity contribution is 6.30. The lowest BCUT2D eigenvalue weighted by Gasteiger charge is -2.16. The van der Waals surface area contributed by atoms with Crippen LogP contribution in [0.25, 0.3) is 0 Å². The molecule has 1 rings (SSSR count). The van der Waals surface area contributed by atoms with Gasteiger partial charge in [-0.25, -0.2) is 0 Å². The van der Waals surface area contributed by atoms with Gasteiger partial charge in [0.05, 0.1) is 0 Å². The van der Waals surface area contributed by atoms with Gasteiger partial charge in [0.15, 0.2) is 6.10 Å². The van der Waals surface area contributed by atoms with Crippen molar-refractivity contribution in [1.29, 1.82) is 0 Å². The Morgan fingerprint density at radius 3 is 2.47 bits per heavy atom. The fourth-order valence-corrected chi connectivity index (χ4v) is 1.72. The first-order valence-corrected chi connectivity index (χ1v) is 6.64. The summed E-state index contributed by atoms with van der Waals surface area (Å²) < 4.78 is 5.03. The van der Waals surface area contributed by atoms with Gasteiger partial charge >= 0.3 is 5.97 Å².